The minimum atomic E-state index is -0.359. The first-order chi connectivity index (χ1) is 8.65. The smallest absolute Gasteiger partial charge is 0.292 e. The highest BCUT2D eigenvalue weighted by Crippen LogP contribution is 2.27. The van der Waals surface area contributed by atoms with Gasteiger partial charge >= 0.3 is 0 Å². The molecule has 0 radical (unpaired) electrons. The molecule has 18 heavy (non-hydrogen) atoms. The number of thioether (sulfide) groups is 1. The maximum absolute atomic E-state index is 10.9. The van der Waals surface area contributed by atoms with E-state index in [4.69, 9.17) is 0 Å². The lowest BCUT2D eigenvalue weighted by atomic mass is 10.2. The van der Waals surface area contributed by atoms with Gasteiger partial charge in [-0.3, -0.25) is 10.1 Å². The molecule has 1 aromatic carbocycles. The second-order valence-corrected chi connectivity index (χ2v) is 5.80. The zero-order valence-electron chi connectivity index (χ0n) is 10.3. The molecule has 1 aromatic rings. The lowest BCUT2D eigenvalue weighted by molar-refractivity contribution is -0.384. The Morgan fingerprint density at radius 3 is 2.83 bits per heavy atom. The number of nitro benzene ring substituents is 1. The molecular formula is C12H17BrN2O2S. The molecule has 0 aliphatic carbocycles. The van der Waals surface area contributed by atoms with Gasteiger partial charge in [0.2, 0.25) is 0 Å². The summed E-state index contributed by atoms with van der Waals surface area (Å²) in [7, 11) is 0. The van der Waals surface area contributed by atoms with Gasteiger partial charge < -0.3 is 5.32 Å². The van der Waals surface area contributed by atoms with Gasteiger partial charge in [0.25, 0.3) is 5.69 Å². The summed E-state index contributed by atoms with van der Waals surface area (Å²) in [5.41, 5.74) is 0.710. The summed E-state index contributed by atoms with van der Waals surface area (Å²) < 4.78 is 0.845. The minimum absolute atomic E-state index is 0.127. The zero-order valence-corrected chi connectivity index (χ0v) is 12.7. The summed E-state index contributed by atoms with van der Waals surface area (Å²) in [6, 6.07) is 4.95. The molecule has 4 nitrogen and oxygen atoms in total. The van der Waals surface area contributed by atoms with E-state index in [2.05, 4.69) is 27.5 Å². The molecule has 6 heteroatoms. The number of rotatable bonds is 8. The van der Waals surface area contributed by atoms with E-state index in [0.29, 0.717) is 5.69 Å². The van der Waals surface area contributed by atoms with Gasteiger partial charge in [-0.1, -0.05) is 22.4 Å². The van der Waals surface area contributed by atoms with Gasteiger partial charge in [0, 0.05) is 17.1 Å². The average Bonchev–Trinajstić information content (AvgIpc) is 2.33. The Kier molecular flexibility index (Phi) is 7.12. The van der Waals surface area contributed by atoms with E-state index in [9.17, 15) is 10.1 Å². The number of hydrogen-bond donors (Lipinski definition) is 1. The topological polar surface area (TPSA) is 55.2 Å². The number of anilines is 1. The molecule has 0 atom stereocenters. The molecule has 0 aliphatic rings. The van der Waals surface area contributed by atoms with Crippen molar-refractivity contribution in [2.24, 2.45) is 0 Å². The number of halogens is 1. The number of nitrogens with zero attached hydrogens (tertiary/aromatic N) is 1. The third-order valence-electron chi connectivity index (χ3n) is 2.50. The quantitative estimate of drug-likeness (QED) is 0.438. The van der Waals surface area contributed by atoms with Crippen molar-refractivity contribution in [2.45, 2.75) is 19.3 Å². The van der Waals surface area contributed by atoms with Gasteiger partial charge in [-0.15, -0.1) is 0 Å². The summed E-state index contributed by atoms with van der Waals surface area (Å²) in [6.45, 7) is 0.770. The SMILES string of the molecule is CSCCCCCNc1cc(Br)ccc1[N+](=O)[O-]. The van der Waals surface area contributed by atoms with Crippen molar-refractivity contribution in [3.05, 3.63) is 32.8 Å². The summed E-state index contributed by atoms with van der Waals surface area (Å²) in [4.78, 5) is 10.5. The third kappa shape index (κ3) is 5.27. The van der Waals surface area contributed by atoms with Gasteiger partial charge in [0.1, 0.15) is 5.69 Å². The van der Waals surface area contributed by atoms with E-state index in [1.165, 1.54) is 18.2 Å². The molecule has 0 saturated carbocycles. The first kappa shape index (κ1) is 15.3. The Balaban J connectivity index is 2.45. The van der Waals surface area contributed by atoms with Crippen LogP contribution in [-0.2, 0) is 0 Å². The Bertz CT molecular complexity index is 402. The zero-order chi connectivity index (χ0) is 13.4. The van der Waals surface area contributed by atoms with E-state index in [1.807, 2.05) is 11.8 Å². The predicted molar refractivity (Wildman–Crippen MR) is 81.5 cm³/mol. The number of nitro groups is 1. The molecule has 100 valence electrons. The van der Waals surface area contributed by atoms with Crippen molar-refractivity contribution in [3.63, 3.8) is 0 Å². The van der Waals surface area contributed by atoms with Crippen molar-refractivity contribution in [3.8, 4) is 0 Å². The molecular weight excluding hydrogens is 316 g/mol. The maximum Gasteiger partial charge on any atom is 0.292 e. The molecule has 0 fully saturated rings. The first-order valence-electron chi connectivity index (χ1n) is 5.82. The Morgan fingerprint density at radius 2 is 2.17 bits per heavy atom. The highest BCUT2D eigenvalue weighted by atomic mass is 79.9. The lowest BCUT2D eigenvalue weighted by Crippen LogP contribution is -2.04. The summed E-state index contributed by atoms with van der Waals surface area (Å²) in [5.74, 6) is 1.18. The molecule has 0 aliphatic heterocycles. The number of hydrogen-bond acceptors (Lipinski definition) is 4. The lowest BCUT2D eigenvalue weighted by Gasteiger charge is -2.07. The second-order valence-electron chi connectivity index (χ2n) is 3.90. The van der Waals surface area contributed by atoms with E-state index >= 15 is 0 Å². The molecule has 0 unspecified atom stereocenters. The van der Waals surface area contributed by atoms with Crippen LogP contribution >= 0.6 is 27.7 Å². The van der Waals surface area contributed by atoms with E-state index in [-0.39, 0.29) is 10.6 Å². The van der Waals surface area contributed by atoms with Gasteiger partial charge in [-0.2, -0.15) is 11.8 Å². The van der Waals surface area contributed by atoms with Crippen LogP contribution in [0.2, 0.25) is 0 Å². The normalized spacial score (nSPS) is 10.3. The fourth-order valence-corrected chi connectivity index (χ4v) is 2.43. The molecule has 0 amide bonds. The summed E-state index contributed by atoms with van der Waals surface area (Å²) in [5, 5.41) is 14.0. The van der Waals surface area contributed by atoms with Gasteiger partial charge in [-0.25, -0.2) is 0 Å². The Hall–Kier alpha value is -0.750. The fourth-order valence-electron chi connectivity index (χ4n) is 1.58. The fraction of sp³-hybridized carbons (Fsp3) is 0.500. The van der Waals surface area contributed by atoms with Crippen LogP contribution in [-0.4, -0.2) is 23.5 Å². The Labute approximate surface area is 120 Å². The average molecular weight is 333 g/mol. The molecule has 0 heterocycles. The van der Waals surface area contributed by atoms with Crippen LogP contribution in [0.3, 0.4) is 0 Å². The van der Waals surface area contributed by atoms with Crippen LogP contribution in [0, 0.1) is 10.1 Å². The van der Waals surface area contributed by atoms with Crippen LogP contribution in [0.25, 0.3) is 0 Å². The first-order valence-corrected chi connectivity index (χ1v) is 8.00. The number of benzene rings is 1. The van der Waals surface area contributed by atoms with E-state index in [0.717, 1.165) is 23.9 Å². The minimum Gasteiger partial charge on any atom is -0.379 e. The number of nitrogens with one attached hydrogen (secondary N) is 1. The van der Waals surface area contributed by atoms with Crippen molar-refractivity contribution in [1.29, 1.82) is 0 Å². The van der Waals surface area contributed by atoms with Crippen LogP contribution in [0.15, 0.2) is 22.7 Å². The molecule has 1 rings (SSSR count). The van der Waals surface area contributed by atoms with E-state index < -0.39 is 0 Å². The highest BCUT2D eigenvalue weighted by Gasteiger charge is 2.12. The van der Waals surface area contributed by atoms with Crippen LogP contribution in [0.5, 0.6) is 0 Å². The van der Waals surface area contributed by atoms with Crippen molar-refractivity contribution < 1.29 is 4.92 Å². The van der Waals surface area contributed by atoms with E-state index in [1.54, 1.807) is 12.1 Å². The highest BCUT2D eigenvalue weighted by molar-refractivity contribution is 9.10. The summed E-state index contributed by atoms with van der Waals surface area (Å²) in [6.07, 6.45) is 5.48. The van der Waals surface area contributed by atoms with Gasteiger partial charge in [-0.05, 0) is 37.0 Å². The maximum atomic E-state index is 10.9. The molecule has 0 spiro atoms. The van der Waals surface area contributed by atoms with Crippen molar-refractivity contribution in [1.82, 2.24) is 0 Å². The second kappa shape index (κ2) is 8.37. The molecule has 0 aromatic heterocycles. The molecule has 0 saturated heterocycles. The van der Waals surface area contributed by atoms with Crippen molar-refractivity contribution in [2.75, 3.05) is 23.9 Å². The van der Waals surface area contributed by atoms with Gasteiger partial charge in [0.15, 0.2) is 0 Å². The Morgan fingerprint density at radius 1 is 1.39 bits per heavy atom. The van der Waals surface area contributed by atoms with Crippen LogP contribution in [0.1, 0.15) is 19.3 Å². The van der Waals surface area contributed by atoms with Crippen LogP contribution in [0.4, 0.5) is 11.4 Å². The van der Waals surface area contributed by atoms with Crippen LogP contribution < -0.4 is 5.32 Å². The summed E-state index contributed by atoms with van der Waals surface area (Å²) >= 11 is 5.17. The third-order valence-corrected chi connectivity index (χ3v) is 3.69. The van der Waals surface area contributed by atoms with Crippen molar-refractivity contribution >= 4 is 39.1 Å². The molecule has 0 bridgehead atoms. The number of unbranched alkanes of at least 4 members (excludes halogenated alkanes) is 2. The molecule has 1 N–H and O–H groups in total. The predicted octanol–water partition coefficient (Wildman–Crippen LogP) is 4.30. The standard InChI is InChI=1S/C12H17BrN2O2S/c1-18-8-4-2-3-7-14-11-9-10(13)5-6-12(11)15(16)17/h5-6,9,14H,2-4,7-8H2,1H3. The largest absolute Gasteiger partial charge is 0.379 e. The monoisotopic (exact) mass is 332 g/mol. The van der Waals surface area contributed by atoms with Gasteiger partial charge in [0.05, 0.1) is 4.92 Å².